The fourth-order valence-electron chi connectivity index (χ4n) is 10.7. The molecule has 0 atom stereocenters. The van der Waals surface area contributed by atoms with E-state index in [0.717, 1.165) is 68.1 Å². The van der Waals surface area contributed by atoms with Crippen molar-refractivity contribution in [1.82, 2.24) is 4.57 Å². The molecule has 4 heterocycles. The van der Waals surface area contributed by atoms with Gasteiger partial charge in [0.1, 0.15) is 22.3 Å². The van der Waals surface area contributed by atoms with Gasteiger partial charge in [0.25, 0.3) is 0 Å². The fraction of sp³-hybridized carbons (Fsp3) is 0.127. The minimum Gasteiger partial charge on any atom is -0.456 e. The summed E-state index contributed by atoms with van der Waals surface area (Å²) in [4.78, 5) is 0. The van der Waals surface area contributed by atoms with Gasteiger partial charge in [-0.25, -0.2) is 0 Å². The van der Waals surface area contributed by atoms with Crippen LogP contribution in [0.15, 0.2) is 154 Å². The quantitative estimate of drug-likeness (QED) is 0.182. The van der Waals surface area contributed by atoms with Gasteiger partial charge in [-0.15, -0.1) is 0 Å². The van der Waals surface area contributed by atoms with Crippen LogP contribution in [-0.4, -0.2) is 11.8 Å². The maximum absolute atomic E-state index is 6.55. The molecule has 0 unspecified atom stereocenters. The molecule has 0 spiro atoms. The van der Waals surface area contributed by atoms with Crippen LogP contribution in [0.1, 0.15) is 51.3 Å². The number of rotatable bonds is 3. The van der Waals surface area contributed by atoms with Crippen LogP contribution in [0.2, 0.25) is 0 Å². The Bertz CT molecular complexity index is 3670. The summed E-state index contributed by atoms with van der Waals surface area (Å²) in [7, 11) is 0.767. The zero-order chi connectivity index (χ0) is 40.2. The van der Waals surface area contributed by atoms with E-state index in [-0.39, 0.29) is 10.8 Å². The fourth-order valence-corrected chi connectivity index (χ4v) is 10.7. The number of nitrogens with one attached hydrogen (secondary N) is 1. The van der Waals surface area contributed by atoms with Crippen LogP contribution < -0.4 is 16.2 Å². The monoisotopic (exact) mass is 772 g/mol. The summed E-state index contributed by atoms with van der Waals surface area (Å²) in [6.45, 7) is 11.5. The van der Waals surface area contributed by atoms with Gasteiger partial charge in [-0.1, -0.05) is 125 Å². The van der Waals surface area contributed by atoms with E-state index in [1.807, 2.05) is 6.07 Å². The first-order valence-corrected chi connectivity index (χ1v) is 21.1. The SMILES string of the molecule is CC(C)(C)c1ccc(Nc2cc3oc4ccccc4c3cc2-c2ccc3c4cc5c(cc4n4c3c2Bc2cc3oc6ccccc6c3cc2-4)-c2ccccc2C5(C)C)cc1. The molecule has 11 aromatic rings. The molecule has 1 aliphatic heterocycles. The van der Waals surface area contributed by atoms with E-state index in [1.54, 1.807) is 0 Å². The van der Waals surface area contributed by atoms with Gasteiger partial charge in [0, 0.05) is 66.3 Å². The van der Waals surface area contributed by atoms with Crippen molar-refractivity contribution in [3.8, 4) is 27.9 Å². The first-order valence-electron chi connectivity index (χ1n) is 21.1. The van der Waals surface area contributed by atoms with E-state index >= 15 is 0 Å². The van der Waals surface area contributed by atoms with Gasteiger partial charge in [-0.3, -0.25) is 0 Å². The predicted octanol–water partition coefficient (Wildman–Crippen LogP) is 13.3. The molecule has 0 radical (unpaired) electrons. The number of furan rings is 2. The van der Waals surface area contributed by atoms with Crippen LogP contribution in [0, 0.1) is 0 Å². The van der Waals surface area contributed by atoms with Gasteiger partial charge in [0.05, 0.1) is 11.2 Å². The molecule has 8 aromatic carbocycles. The normalized spacial score (nSPS) is 14.0. The number of aromatic nitrogens is 1. The molecule has 5 heteroatoms. The third-order valence-corrected chi connectivity index (χ3v) is 13.8. The van der Waals surface area contributed by atoms with Crippen LogP contribution in [-0.2, 0) is 10.8 Å². The summed E-state index contributed by atoms with van der Waals surface area (Å²) in [6, 6.07) is 53.6. The summed E-state index contributed by atoms with van der Waals surface area (Å²) in [5, 5.41) is 11.0. The summed E-state index contributed by atoms with van der Waals surface area (Å²) >= 11 is 0. The number of para-hydroxylation sites is 2. The number of fused-ring (bicyclic) bond motifs is 14. The van der Waals surface area contributed by atoms with Crippen molar-refractivity contribution in [3.05, 3.63) is 162 Å². The van der Waals surface area contributed by atoms with Gasteiger partial charge < -0.3 is 18.7 Å². The maximum Gasteiger partial charge on any atom is 0.198 e. The predicted molar refractivity (Wildman–Crippen MR) is 253 cm³/mol. The molecule has 2 aliphatic rings. The largest absolute Gasteiger partial charge is 0.456 e. The molecule has 60 heavy (non-hydrogen) atoms. The molecule has 1 aliphatic carbocycles. The van der Waals surface area contributed by atoms with Crippen molar-refractivity contribution in [2.24, 2.45) is 0 Å². The van der Waals surface area contributed by atoms with E-state index < -0.39 is 0 Å². The Kier molecular flexibility index (Phi) is 6.57. The van der Waals surface area contributed by atoms with Gasteiger partial charge >= 0.3 is 0 Å². The summed E-state index contributed by atoms with van der Waals surface area (Å²) in [6.07, 6.45) is 0. The lowest BCUT2D eigenvalue weighted by molar-refractivity contribution is 0.590. The second-order valence-electron chi connectivity index (χ2n) is 18.6. The molecule has 0 saturated heterocycles. The Balaban J connectivity index is 1.12. The molecular weight excluding hydrogens is 731 g/mol. The molecule has 0 saturated carbocycles. The lowest BCUT2D eigenvalue weighted by Gasteiger charge is -2.24. The molecule has 4 nitrogen and oxygen atoms in total. The van der Waals surface area contributed by atoms with Crippen LogP contribution in [0.25, 0.3) is 93.6 Å². The maximum atomic E-state index is 6.55. The lowest BCUT2D eigenvalue weighted by atomic mass is 9.59. The Hall–Kier alpha value is -6.98. The Morgan fingerprint density at radius 2 is 1.22 bits per heavy atom. The third kappa shape index (κ3) is 4.58. The van der Waals surface area contributed by atoms with E-state index in [4.69, 9.17) is 8.83 Å². The van der Waals surface area contributed by atoms with E-state index in [1.165, 1.54) is 71.8 Å². The van der Waals surface area contributed by atoms with Crippen molar-refractivity contribution < 1.29 is 8.83 Å². The highest BCUT2D eigenvalue weighted by Crippen LogP contribution is 2.51. The number of nitrogens with zero attached hydrogens (tertiary/aromatic N) is 1. The Morgan fingerprint density at radius 1 is 0.533 bits per heavy atom. The Labute approximate surface area is 348 Å². The topological polar surface area (TPSA) is 43.2 Å². The van der Waals surface area contributed by atoms with Crippen LogP contribution in [0.4, 0.5) is 11.4 Å². The Morgan fingerprint density at radius 3 is 1.97 bits per heavy atom. The molecule has 0 amide bonds. The van der Waals surface area contributed by atoms with Crippen LogP contribution in [0.5, 0.6) is 0 Å². The van der Waals surface area contributed by atoms with E-state index in [9.17, 15) is 0 Å². The second kappa shape index (κ2) is 11.6. The van der Waals surface area contributed by atoms with Gasteiger partial charge in [-0.05, 0) is 98.9 Å². The first-order chi connectivity index (χ1) is 29.1. The van der Waals surface area contributed by atoms with Gasteiger partial charge in [0.15, 0.2) is 7.28 Å². The molecule has 13 rings (SSSR count). The van der Waals surface area contributed by atoms with Gasteiger partial charge in [0.2, 0.25) is 0 Å². The highest BCUT2D eigenvalue weighted by atomic mass is 16.3. The van der Waals surface area contributed by atoms with Gasteiger partial charge in [-0.2, -0.15) is 0 Å². The van der Waals surface area contributed by atoms with Crippen LogP contribution in [0.3, 0.4) is 0 Å². The molecule has 0 bridgehead atoms. The number of benzene rings is 8. The lowest BCUT2D eigenvalue weighted by Crippen LogP contribution is -2.37. The molecule has 3 aromatic heterocycles. The number of anilines is 2. The summed E-state index contributed by atoms with van der Waals surface area (Å²) in [5.41, 5.74) is 21.0. The third-order valence-electron chi connectivity index (χ3n) is 13.8. The van der Waals surface area contributed by atoms with Crippen molar-refractivity contribution in [3.63, 3.8) is 0 Å². The van der Waals surface area contributed by atoms with Crippen molar-refractivity contribution >= 4 is 95.3 Å². The number of hydrogen-bond donors (Lipinski definition) is 1. The zero-order valence-corrected chi connectivity index (χ0v) is 34.3. The minimum absolute atomic E-state index is 0.0664. The smallest absolute Gasteiger partial charge is 0.198 e. The number of hydrogen-bond acceptors (Lipinski definition) is 3. The first kappa shape index (κ1) is 33.9. The molecule has 1 N–H and O–H groups in total. The van der Waals surface area contributed by atoms with Crippen molar-refractivity contribution in [1.29, 1.82) is 0 Å². The highest BCUT2D eigenvalue weighted by molar-refractivity contribution is 6.73. The van der Waals surface area contributed by atoms with Crippen molar-refractivity contribution in [2.75, 3.05) is 5.32 Å². The van der Waals surface area contributed by atoms with E-state index in [2.05, 4.69) is 184 Å². The minimum atomic E-state index is -0.105. The standard InChI is InChI=1S/C55H41BN2O2/c1-54(2,3)30-18-20-31(21-19-30)57-45-29-51-40(33-13-7-10-16-48(33)60-51)24-38(45)35-22-23-36-39-25-43-37(32-12-6-9-15-42(32)55(43,4)5)26-46(39)58-47-27-41-34-14-8-11-17-49(34)59-50(41)28-44(47)56-52(35)53(36)58/h6-29,56-57H,1-5H3. The summed E-state index contributed by atoms with van der Waals surface area (Å²) < 4.78 is 15.6. The van der Waals surface area contributed by atoms with Crippen molar-refractivity contribution in [2.45, 2.75) is 45.4 Å². The van der Waals surface area contributed by atoms with E-state index in [0.29, 0.717) is 0 Å². The highest BCUT2D eigenvalue weighted by Gasteiger charge is 2.37. The van der Waals surface area contributed by atoms with Crippen LogP contribution >= 0.6 is 0 Å². The second-order valence-corrected chi connectivity index (χ2v) is 18.6. The average Bonchev–Trinajstić information content (AvgIpc) is 3.96. The summed E-state index contributed by atoms with van der Waals surface area (Å²) in [5.74, 6) is 0. The molecule has 286 valence electrons. The average molecular weight is 773 g/mol. The molecular formula is C55H41BN2O2. The zero-order valence-electron chi connectivity index (χ0n) is 34.3. The molecule has 0 fully saturated rings.